The largest absolute Gasteiger partial charge is 0.382 e. The molecule has 98 valence electrons. The molecule has 18 heavy (non-hydrogen) atoms. The van der Waals surface area contributed by atoms with Gasteiger partial charge in [-0.1, -0.05) is 0 Å². The molecule has 1 aromatic rings. The van der Waals surface area contributed by atoms with Gasteiger partial charge in [-0.05, 0) is 44.1 Å². The molecule has 1 aromatic heterocycles. The molecule has 6 heteroatoms. The van der Waals surface area contributed by atoms with Gasteiger partial charge in [0.2, 0.25) is 0 Å². The average molecular weight is 266 g/mol. The zero-order chi connectivity index (χ0) is 13.0. The van der Waals surface area contributed by atoms with Crippen molar-refractivity contribution in [1.29, 1.82) is 0 Å². The Morgan fingerprint density at radius 1 is 1.33 bits per heavy atom. The highest BCUT2D eigenvalue weighted by Crippen LogP contribution is 2.26. The summed E-state index contributed by atoms with van der Waals surface area (Å²) < 4.78 is 0. The van der Waals surface area contributed by atoms with Crippen molar-refractivity contribution in [2.24, 2.45) is 0 Å². The van der Waals surface area contributed by atoms with Crippen molar-refractivity contribution in [3.05, 3.63) is 17.8 Å². The summed E-state index contributed by atoms with van der Waals surface area (Å²) in [5.74, 6) is 0.169. The van der Waals surface area contributed by atoms with Gasteiger partial charge in [-0.25, -0.2) is 0 Å². The van der Waals surface area contributed by atoms with Crippen molar-refractivity contribution in [2.45, 2.75) is 37.0 Å². The molecular formula is C12H18N4OS. The van der Waals surface area contributed by atoms with E-state index in [2.05, 4.69) is 21.8 Å². The maximum atomic E-state index is 11.9. The third kappa shape index (κ3) is 3.35. The lowest BCUT2D eigenvalue weighted by molar-refractivity contribution is 0.0922. The van der Waals surface area contributed by atoms with Crippen LogP contribution < -0.4 is 11.1 Å². The number of anilines is 1. The topological polar surface area (TPSA) is 80.9 Å². The Morgan fingerprint density at radius 2 is 2.06 bits per heavy atom. The van der Waals surface area contributed by atoms with Gasteiger partial charge in [0.25, 0.3) is 5.91 Å². The molecular weight excluding hydrogens is 248 g/mol. The van der Waals surface area contributed by atoms with Crippen LogP contribution in [0.15, 0.2) is 12.1 Å². The number of hydrogen-bond acceptors (Lipinski definition) is 5. The molecule has 5 nitrogen and oxygen atoms in total. The van der Waals surface area contributed by atoms with Crippen LogP contribution in [0.25, 0.3) is 0 Å². The molecule has 0 aliphatic heterocycles. The zero-order valence-electron chi connectivity index (χ0n) is 10.4. The minimum Gasteiger partial charge on any atom is -0.382 e. The first-order valence-electron chi connectivity index (χ1n) is 6.12. The van der Waals surface area contributed by atoms with E-state index >= 15 is 0 Å². The van der Waals surface area contributed by atoms with E-state index in [-0.39, 0.29) is 11.9 Å². The highest BCUT2D eigenvalue weighted by atomic mass is 32.2. The van der Waals surface area contributed by atoms with Crippen molar-refractivity contribution in [1.82, 2.24) is 15.5 Å². The predicted octanol–water partition coefficient (Wildman–Crippen LogP) is 1.46. The second-order valence-corrected chi connectivity index (χ2v) is 5.66. The van der Waals surface area contributed by atoms with Gasteiger partial charge in [0, 0.05) is 11.3 Å². The number of nitrogens with two attached hydrogens (primary N) is 1. The highest BCUT2D eigenvalue weighted by Gasteiger charge is 2.22. The van der Waals surface area contributed by atoms with Gasteiger partial charge >= 0.3 is 0 Å². The number of nitrogens with zero attached hydrogens (tertiary/aromatic N) is 2. The Labute approximate surface area is 111 Å². The monoisotopic (exact) mass is 266 g/mol. The minimum absolute atomic E-state index is 0.157. The summed E-state index contributed by atoms with van der Waals surface area (Å²) >= 11 is 1.92. The van der Waals surface area contributed by atoms with Gasteiger partial charge < -0.3 is 11.1 Å². The van der Waals surface area contributed by atoms with Gasteiger partial charge in [-0.3, -0.25) is 4.79 Å². The van der Waals surface area contributed by atoms with Crippen LogP contribution in [0.2, 0.25) is 0 Å². The second-order valence-electron chi connectivity index (χ2n) is 4.53. The minimum atomic E-state index is -0.157. The summed E-state index contributed by atoms with van der Waals surface area (Å²) in [6.07, 6.45) is 6.56. The van der Waals surface area contributed by atoms with Crippen LogP contribution in [0, 0.1) is 0 Å². The summed E-state index contributed by atoms with van der Waals surface area (Å²) in [7, 11) is 0. The summed E-state index contributed by atoms with van der Waals surface area (Å²) in [6.45, 7) is 0. The van der Waals surface area contributed by atoms with Crippen LogP contribution in [0.3, 0.4) is 0 Å². The standard InChI is InChI=1S/C12H18N4OS/c1-18-9-4-2-8(3-5-9)14-12(17)10-6-7-11(13)16-15-10/h6-9H,2-5H2,1H3,(H2,13,16)(H,14,17). The molecule has 0 spiro atoms. The number of nitrogens with one attached hydrogen (secondary N) is 1. The SMILES string of the molecule is CSC1CCC(NC(=O)c2ccc(N)nn2)CC1. The van der Waals surface area contributed by atoms with E-state index in [4.69, 9.17) is 5.73 Å². The molecule has 1 saturated carbocycles. The van der Waals surface area contributed by atoms with Crippen molar-refractivity contribution in [2.75, 3.05) is 12.0 Å². The molecule has 0 unspecified atom stereocenters. The number of rotatable bonds is 3. The highest BCUT2D eigenvalue weighted by molar-refractivity contribution is 7.99. The van der Waals surface area contributed by atoms with Gasteiger partial charge in [0.15, 0.2) is 5.69 Å². The molecule has 1 heterocycles. The number of hydrogen-bond donors (Lipinski definition) is 2. The molecule has 3 N–H and O–H groups in total. The van der Waals surface area contributed by atoms with Crippen LogP contribution in [0.5, 0.6) is 0 Å². The Hall–Kier alpha value is -1.30. The third-order valence-corrected chi connectivity index (χ3v) is 4.40. The maximum absolute atomic E-state index is 11.9. The quantitative estimate of drug-likeness (QED) is 0.865. The lowest BCUT2D eigenvalue weighted by atomic mass is 9.95. The van der Waals surface area contributed by atoms with E-state index in [1.807, 2.05) is 11.8 Å². The van der Waals surface area contributed by atoms with Crippen molar-refractivity contribution in [3.63, 3.8) is 0 Å². The molecule has 0 aromatic carbocycles. The van der Waals surface area contributed by atoms with Gasteiger partial charge in [-0.15, -0.1) is 10.2 Å². The Morgan fingerprint density at radius 3 is 2.61 bits per heavy atom. The Bertz CT molecular complexity index is 401. The Kier molecular flexibility index (Phi) is 4.41. The predicted molar refractivity (Wildman–Crippen MR) is 73.5 cm³/mol. The summed E-state index contributed by atoms with van der Waals surface area (Å²) in [6, 6.07) is 3.46. The fourth-order valence-electron chi connectivity index (χ4n) is 2.17. The summed E-state index contributed by atoms with van der Waals surface area (Å²) in [4.78, 5) is 11.9. The molecule has 0 saturated heterocycles. The number of carbonyl (C=O) groups excluding carboxylic acids is 1. The smallest absolute Gasteiger partial charge is 0.272 e. The molecule has 0 atom stereocenters. The van der Waals surface area contributed by atoms with Gasteiger partial charge in [-0.2, -0.15) is 11.8 Å². The first-order valence-corrected chi connectivity index (χ1v) is 7.40. The molecule has 1 aliphatic carbocycles. The van der Waals surface area contributed by atoms with Crippen LogP contribution in [-0.2, 0) is 0 Å². The van der Waals surface area contributed by atoms with E-state index in [0.717, 1.165) is 18.1 Å². The summed E-state index contributed by atoms with van der Waals surface area (Å²) in [5, 5.41) is 11.2. The van der Waals surface area contributed by atoms with E-state index in [0.29, 0.717) is 11.5 Å². The maximum Gasteiger partial charge on any atom is 0.272 e. The lowest BCUT2D eigenvalue weighted by Gasteiger charge is -2.27. The first kappa shape index (κ1) is 13.1. The fraction of sp³-hybridized carbons (Fsp3) is 0.583. The van der Waals surface area contributed by atoms with E-state index in [1.165, 1.54) is 12.8 Å². The molecule has 2 rings (SSSR count). The number of amides is 1. The number of aromatic nitrogens is 2. The van der Waals surface area contributed by atoms with E-state index in [1.54, 1.807) is 12.1 Å². The van der Waals surface area contributed by atoms with Crippen LogP contribution >= 0.6 is 11.8 Å². The van der Waals surface area contributed by atoms with E-state index in [9.17, 15) is 4.79 Å². The average Bonchev–Trinajstić information content (AvgIpc) is 2.40. The van der Waals surface area contributed by atoms with Gasteiger partial charge in [0.1, 0.15) is 5.82 Å². The van der Waals surface area contributed by atoms with Crippen LogP contribution in [0.4, 0.5) is 5.82 Å². The third-order valence-electron chi connectivity index (χ3n) is 3.26. The number of carbonyl (C=O) groups is 1. The molecule has 1 aliphatic rings. The Balaban J connectivity index is 1.86. The fourth-order valence-corrected chi connectivity index (χ4v) is 2.91. The van der Waals surface area contributed by atoms with Crippen molar-refractivity contribution in [3.8, 4) is 0 Å². The van der Waals surface area contributed by atoms with E-state index < -0.39 is 0 Å². The molecule has 1 fully saturated rings. The lowest BCUT2D eigenvalue weighted by Crippen LogP contribution is -2.38. The van der Waals surface area contributed by atoms with Gasteiger partial charge in [0.05, 0.1) is 0 Å². The number of nitrogen functional groups attached to an aromatic ring is 1. The second kappa shape index (κ2) is 6.04. The molecule has 0 radical (unpaired) electrons. The zero-order valence-corrected chi connectivity index (χ0v) is 11.2. The van der Waals surface area contributed by atoms with Crippen molar-refractivity contribution < 1.29 is 4.79 Å². The summed E-state index contributed by atoms with van der Waals surface area (Å²) in [5.41, 5.74) is 5.76. The molecule has 0 bridgehead atoms. The van der Waals surface area contributed by atoms with Crippen LogP contribution in [-0.4, -0.2) is 33.7 Å². The first-order chi connectivity index (χ1) is 8.69. The van der Waals surface area contributed by atoms with Crippen molar-refractivity contribution >= 4 is 23.5 Å². The normalized spacial score (nSPS) is 23.6. The number of thioether (sulfide) groups is 1. The van der Waals surface area contributed by atoms with Crippen LogP contribution in [0.1, 0.15) is 36.2 Å². The molecule has 1 amide bonds.